The number of hydrogen-bond acceptors (Lipinski definition) is 2. The molecule has 0 saturated carbocycles. The highest BCUT2D eigenvalue weighted by atomic mass is 35.5. The molecule has 98 valence electrons. The maximum absolute atomic E-state index is 11.8. The highest BCUT2D eigenvalue weighted by Crippen LogP contribution is 2.34. The first-order valence-electron chi connectivity index (χ1n) is 6.32. The second-order valence-electron chi connectivity index (χ2n) is 4.54. The van der Waals surface area contributed by atoms with E-state index in [1.54, 1.807) is 13.0 Å². The van der Waals surface area contributed by atoms with Gasteiger partial charge in [0.05, 0.1) is 6.54 Å². The minimum atomic E-state index is 0.142. The van der Waals surface area contributed by atoms with Gasteiger partial charge in [0, 0.05) is 23.2 Å². The first-order valence-corrected chi connectivity index (χ1v) is 6.70. The van der Waals surface area contributed by atoms with Crippen LogP contribution < -0.4 is 5.32 Å². The van der Waals surface area contributed by atoms with Crippen LogP contribution in [0, 0.1) is 11.8 Å². The van der Waals surface area contributed by atoms with Gasteiger partial charge in [0.25, 0.3) is 0 Å². The maximum atomic E-state index is 11.8. The van der Waals surface area contributed by atoms with E-state index in [2.05, 4.69) is 17.2 Å². The zero-order chi connectivity index (χ0) is 13.7. The van der Waals surface area contributed by atoms with Crippen molar-refractivity contribution >= 4 is 17.4 Å². The number of nitrogens with one attached hydrogen (secondary N) is 1. The molecular weight excluding hydrogens is 258 g/mol. The van der Waals surface area contributed by atoms with Gasteiger partial charge in [0.2, 0.25) is 0 Å². The van der Waals surface area contributed by atoms with Crippen LogP contribution in [0.5, 0.6) is 0 Å². The van der Waals surface area contributed by atoms with Crippen LogP contribution in [-0.4, -0.2) is 12.3 Å². The minimum absolute atomic E-state index is 0.142. The standard InChI is InChI=1S/C16H16ClNO/c1-2-3-8-18-13-9-12(10-14(19)11-13)15-6-4-5-7-16(15)17/h4-7,11-12,18H,8-10H2,1H3. The molecule has 0 aliphatic heterocycles. The van der Waals surface area contributed by atoms with E-state index in [4.69, 9.17) is 11.6 Å². The van der Waals surface area contributed by atoms with Crippen molar-refractivity contribution in [3.63, 3.8) is 0 Å². The Balaban J connectivity index is 2.13. The average molecular weight is 274 g/mol. The van der Waals surface area contributed by atoms with Gasteiger partial charge < -0.3 is 5.32 Å². The largest absolute Gasteiger partial charge is 0.377 e. The van der Waals surface area contributed by atoms with Gasteiger partial charge in [-0.05, 0) is 30.9 Å². The lowest BCUT2D eigenvalue weighted by Gasteiger charge is -2.23. The average Bonchev–Trinajstić information content (AvgIpc) is 2.39. The molecule has 1 unspecified atom stereocenters. The SMILES string of the molecule is CC#CCNC1=CC(=O)CC(c2ccccc2Cl)C1. The van der Waals surface area contributed by atoms with Crippen molar-refractivity contribution < 1.29 is 4.79 Å². The van der Waals surface area contributed by atoms with Gasteiger partial charge >= 0.3 is 0 Å². The molecule has 0 fully saturated rings. The van der Waals surface area contributed by atoms with Crippen LogP contribution >= 0.6 is 11.6 Å². The highest BCUT2D eigenvalue weighted by Gasteiger charge is 2.23. The molecule has 1 atom stereocenters. The number of carbonyl (C=O) groups is 1. The summed E-state index contributed by atoms with van der Waals surface area (Å²) in [6.45, 7) is 2.37. The summed E-state index contributed by atoms with van der Waals surface area (Å²) in [4.78, 5) is 11.8. The number of allylic oxidation sites excluding steroid dienone is 2. The van der Waals surface area contributed by atoms with Crippen LogP contribution in [0.3, 0.4) is 0 Å². The van der Waals surface area contributed by atoms with Crippen LogP contribution in [0.4, 0.5) is 0 Å². The first kappa shape index (κ1) is 13.7. The van der Waals surface area contributed by atoms with E-state index >= 15 is 0 Å². The Bertz CT molecular complexity index is 566. The molecule has 0 saturated heterocycles. The fraction of sp³-hybridized carbons (Fsp3) is 0.312. The van der Waals surface area contributed by atoms with E-state index in [1.807, 2.05) is 24.3 Å². The van der Waals surface area contributed by atoms with Gasteiger partial charge in [-0.2, -0.15) is 0 Å². The van der Waals surface area contributed by atoms with Crippen LogP contribution in [-0.2, 0) is 4.79 Å². The second kappa shape index (κ2) is 6.45. The summed E-state index contributed by atoms with van der Waals surface area (Å²) >= 11 is 6.21. The van der Waals surface area contributed by atoms with Crippen molar-refractivity contribution in [2.75, 3.05) is 6.54 Å². The third kappa shape index (κ3) is 3.62. The Hall–Kier alpha value is -1.72. The fourth-order valence-electron chi connectivity index (χ4n) is 2.29. The number of rotatable bonds is 3. The molecule has 1 aliphatic rings. The summed E-state index contributed by atoms with van der Waals surface area (Å²) in [6.07, 6.45) is 3.01. The molecule has 0 heterocycles. The van der Waals surface area contributed by atoms with Crippen molar-refractivity contribution in [2.45, 2.75) is 25.7 Å². The molecule has 1 aliphatic carbocycles. The van der Waals surface area contributed by atoms with E-state index in [0.717, 1.165) is 22.7 Å². The predicted molar refractivity (Wildman–Crippen MR) is 78.0 cm³/mol. The van der Waals surface area contributed by atoms with Crippen molar-refractivity contribution in [1.82, 2.24) is 5.32 Å². The molecule has 0 aromatic heterocycles. The summed E-state index contributed by atoms with van der Waals surface area (Å²) in [5.41, 5.74) is 2.00. The Morgan fingerprint density at radius 1 is 1.37 bits per heavy atom. The van der Waals surface area contributed by atoms with Crippen LogP contribution in [0.15, 0.2) is 36.0 Å². The molecule has 3 heteroatoms. The second-order valence-corrected chi connectivity index (χ2v) is 4.95. The zero-order valence-corrected chi connectivity index (χ0v) is 11.6. The Labute approximate surface area is 118 Å². The van der Waals surface area contributed by atoms with E-state index in [0.29, 0.717) is 13.0 Å². The topological polar surface area (TPSA) is 29.1 Å². The van der Waals surface area contributed by atoms with Crippen molar-refractivity contribution in [3.05, 3.63) is 46.6 Å². The number of halogens is 1. The summed E-state index contributed by atoms with van der Waals surface area (Å²) in [6, 6.07) is 7.73. The van der Waals surface area contributed by atoms with Gasteiger partial charge in [0.1, 0.15) is 0 Å². The minimum Gasteiger partial charge on any atom is -0.377 e. The molecule has 0 bridgehead atoms. The quantitative estimate of drug-likeness (QED) is 0.857. The Morgan fingerprint density at radius 2 is 2.16 bits per heavy atom. The first-order chi connectivity index (χ1) is 9.20. The maximum Gasteiger partial charge on any atom is 0.158 e. The lowest BCUT2D eigenvalue weighted by Crippen LogP contribution is -2.22. The number of ketones is 1. The zero-order valence-electron chi connectivity index (χ0n) is 10.9. The highest BCUT2D eigenvalue weighted by molar-refractivity contribution is 6.31. The number of benzene rings is 1. The molecule has 0 radical (unpaired) electrons. The molecule has 2 nitrogen and oxygen atoms in total. The van der Waals surface area contributed by atoms with E-state index < -0.39 is 0 Å². The van der Waals surface area contributed by atoms with Gasteiger partial charge in [-0.1, -0.05) is 35.7 Å². The van der Waals surface area contributed by atoms with E-state index in [1.165, 1.54) is 0 Å². The summed E-state index contributed by atoms with van der Waals surface area (Å²) in [5.74, 6) is 6.06. The molecule has 2 rings (SSSR count). The lowest BCUT2D eigenvalue weighted by atomic mass is 9.85. The molecular formula is C16H16ClNO. The van der Waals surface area contributed by atoms with Gasteiger partial charge in [-0.15, -0.1) is 5.92 Å². The lowest BCUT2D eigenvalue weighted by molar-refractivity contribution is -0.115. The summed E-state index contributed by atoms with van der Waals surface area (Å²) in [5, 5.41) is 3.93. The monoisotopic (exact) mass is 273 g/mol. The van der Waals surface area contributed by atoms with Gasteiger partial charge in [-0.25, -0.2) is 0 Å². The van der Waals surface area contributed by atoms with Crippen LogP contribution in [0.25, 0.3) is 0 Å². The fourth-order valence-corrected chi connectivity index (χ4v) is 2.58. The van der Waals surface area contributed by atoms with Gasteiger partial charge in [0.15, 0.2) is 5.78 Å². The summed E-state index contributed by atoms with van der Waals surface area (Å²) in [7, 11) is 0. The van der Waals surface area contributed by atoms with Crippen molar-refractivity contribution in [3.8, 4) is 11.8 Å². The van der Waals surface area contributed by atoms with Crippen LogP contribution in [0.1, 0.15) is 31.2 Å². The Kier molecular flexibility index (Phi) is 4.65. The van der Waals surface area contributed by atoms with Crippen molar-refractivity contribution in [2.24, 2.45) is 0 Å². The van der Waals surface area contributed by atoms with E-state index in [-0.39, 0.29) is 11.7 Å². The molecule has 1 aromatic carbocycles. The molecule has 19 heavy (non-hydrogen) atoms. The third-order valence-electron chi connectivity index (χ3n) is 3.17. The number of hydrogen-bond donors (Lipinski definition) is 1. The van der Waals surface area contributed by atoms with Crippen LogP contribution in [0.2, 0.25) is 5.02 Å². The third-order valence-corrected chi connectivity index (χ3v) is 3.52. The van der Waals surface area contributed by atoms with Crippen molar-refractivity contribution in [1.29, 1.82) is 0 Å². The van der Waals surface area contributed by atoms with Gasteiger partial charge in [-0.3, -0.25) is 4.79 Å². The molecule has 0 spiro atoms. The smallest absolute Gasteiger partial charge is 0.158 e. The molecule has 1 N–H and O–H groups in total. The normalized spacial score (nSPS) is 18.3. The predicted octanol–water partition coefficient (Wildman–Crippen LogP) is 3.28. The van der Waals surface area contributed by atoms with E-state index in [9.17, 15) is 4.79 Å². The molecule has 1 aromatic rings. The molecule has 0 amide bonds. The Morgan fingerprint density at radius 3 is 2.89 bits per heavy atom. The summed E-state index contributed by atoms with van der Waals surface area (Å²) < 4.78 is 0. The number of carbonyl (C=O) groups excluding carboxylic acids is 1.